The molecule has 1 unspecified atom stereocenters. The van der Waals surface area contributed by atoms with Crippen LogP contribution in [-0.4, -0.2) is 26.3 Å². The number of hydrogen-bond acceptors (Lipinski definition) is 6. The van der Waals surface area contributed by atoms with Gasteiger partial charge in [-0.05, 0) is 31.5 Å². The maximum absolute atomic E-state index is 12.8. The highest BCUT2D eigenvalue weighted by Crippen LogP contribution is 2.61. The Bertz CT molecular complexity index is 506. The molecule has 0 aliphatic carbocycles. The number of esters is 1. The second-order valence-corrected chi connectivity index (χ2v) is 6.19. The number of ether oxygens (including phenoxy) is 2. The second kappa shape index (κ2) is 8.29. The van der Waals surface area contributed by atoms with Crippen molar-refractivity contribution in [2.24, 2.45) is 0 Å². The first kappa shape index (κ1) is 17.9. The van der Waals surface area contributed by atoms with Crippen molar-refractivity contribution in [3.63, 3.8) is 0 Å². The third-order valence-electron chi connectivity index (χ3n) is 2.53. The molecule has 7 heteroatoms. The normalized spacial score (nSPS) is 13.0. The predicted octanol–water partition coefficient (Wildman–Crippen LogP) is 3.52. The summed E-state index contributed by atoms with van der Waals surface area (Å²) in [6, 6.07) is 6.61. The van der Waals surface area contributed by atoms with Crippen LogP contribution in [0.1, 0.15) is 32.2 Å². The number of carbonyl (C=O) groups is 1. The molecule has 0 bridgehead atoms. The molecule has 0 fully saturated rings. The molecular formula is C14H21O6P. The van der Waals surface area contributed by atoms with E-state index < -0.39 is 19.4 Å². The lowest BCUT2D eigenvalue weighted by Crippen LogP contribution is -2.09. The summed E-state index contributed by atoms with van der Waals surface area (Å²) >= 11 is 0. The smallest absolute Gasteiger partial charge is 0.363 e. The zero-order valence-corrected chi connectivity index (χ0v) is 13.6. The van der Waals surface area contributed by atoms with Crippen LogP contribution in [-0.2, 0) is 23.1 Å². The first-order valence-corrected chi connectivity index (χ1v) is 8.28. The molecule has 0 aromatic heterocycles. The number of hydrogen-bond donors (Lipinski definition) is 0. The average Bonchev–Trinajstić information content (AvgIpc) is 2.39. The minimum atomic E-state index is -3.47. The van der Waals surface area contributed by atoms with Crippen molar-refractivity contribution in [2.45, 2.75) is 26.6 Å². The summed E-state index contributed by atoms with van der Waals surface area (Å²) in [5.74, 6) is -0.964. The van der Waals surface area contributed by atoms with E-state index in [2.05, 4.69) is 0 Å². The number of methoxy groups -OCH3 is 1. The van der Waals surface area contributed by atoms with E-state index in [1.807, 2.05) is 0 Å². The van der Waals surface area contributed by atoms with Crippen molar-refractivity contribution in [2.75, 3.05) is 20.3 Å². The molecular weight excluding hydrogens is 295 g/mol. The lowest BCUT2D eigenvalue weighted by molar-refractivity contribution is -0.131. The Morgan fingerprint density at radius 3 is 2.33 bits per heavy atom. The van der Waals surface area contributed by atoms with Crippen LogP contribution in [0.25, 0.3) is 0 Å². The quantitative estimate of drug-likeness (QED) is 0.415. The second-order valence-electron chi connectivity index (χ2n) is 4.13. The molecule has 0 radical (unpaired) electrons. The van der Waals surface area contributed by atoms with E-state index in [1.54, 1.807) is 38.1 Å². The molecule has 0 spiro atoms. The maximum atomic E-state index is 12.8. The van der Waals surface area contributed by atoms with Gasteiger partial charge >= 0.3 is 13.6 Å². The molecule has 0 saturated carbocycles. The van der Waals surface area contributed by atoms with Crippen molar-refractivity contribution < 1.29 is 27.9 Å². The van der Waals surface area contributed by atoms with Gasteiger partial charge in [0, 0.05) is 14.0 Å². The third-order valence-corrected chi connectivity index (χ3v) is 4.85. The van der Waals surface area contributed by atoms with Crippen molar-refractivity contribution in [1.82, 2.24) is 0 Å². The van der Waals surface area contributed by atoms with E-state index >= 15 is 0 Å². The van der Waals surface area contributed by atoms with Gasteiger partial charge in [-0.1, -0.05) is 12.1 Å². The number of carbonyl (C=O) groups excluding carboxylic acids is 1. The Kier molecular flexibility index (Phi) is 7.05. The van der Waals surface area contributed by atoms with Crippen LogP contribution in [0.15, 0.2) is 24.3 Å². The lowest BCUT2D eigenvalue weighted by Gasteiger charge is -2.25. The van der Waals surface area contributed by atoms with Crippen molar-refractivity contribution in [3.8, 4) is 5.75 Å². The highest BCUT2D eigenvalue weighted by Gasteiger charge is 2.37. The van der Waals surface area contributed by atoms with Crippen LogP contribution < -0.4 is 4.74 Å². The van der Waals surface area contributed by atoms with Gasteiger partial charge in [0.15, 0.2) is 5.85 Å². The van der Waals surface area contributed by atoms with Gasteiger partial charge in [-0.3, -0.25) is 9.36 Å². The molecule has 0 N–H and O–H groups in total. The van der Waals surface area contributed by atoms with Gasteiger partial charge in [0.2, 0.25) is 0 Å². The third kappa shape index (κ3) is 4.93. The molecule has 0 aliphatic rings. The first-order valence-electron chi connectivity index (χ1n) is 6.66. The van der Waals surface area contributed by atoms with Crippen molar-refractivity contribution in [1.29, 1.82) is 0 Å². The molecule has 0 heterocycles. The zero-order chi connectivity index (χ0) is 15.9. The molecule has 0 saturated heterocycles. The Labute approximate surface area is 124 Å². The molecule has 1 atom stereocenters. The fourth-order valence-electron chi connectivity index (χ4n) is 1.88. The van der Waals surface area contributed by atoms with Crippen LogP contribution in [0.2, 0.25) is 0 Å². The van der Waals surface area contributed by atoms with Crippen LogP contribution in [0, 0.1) is 0 Å². The number of rotatable bonds is 8. The molecule has 1 rings (SSSR count). The molecule has 118 valence electrons. The summed E-state index contributed by atoms with van der Waals surface area (Å²) in [4.78, 5) is 11.0. The van der Waals surface area contributed by atoms with Gasteiger partial charge < -0.3 is 18.5 Å². The molecule has 0 aliphatic heterocycles. The van der Waals surface area contributed by atoms with Gasteiger partial charge in [-0.25, -0.2) is 0 Å². The summed E-state index contributed by atoms with van der Waals surface area (Å²) in [6.45, 7) is 5.24. The summed E-state index contributed by atoms with van der Waals surface area (Å²) in [6.07, 6.45) is 0. The summed E-state index contributed by atoms with van der Waals surface area (Å²) in [5.41, 5.74) is 0.557. The van der Waals surface area contributed by atoms with Crippen LogP contribution in [0.4, 0.5) is 0 Å². The highest BCUT2D eigenvalue weighted by atomic mass is 31.2. The van der Waals surface area contributed by atoms with Gasteiger partial charge in [0.05, 0.1) is 13.2 Å². The Balaban J connectivity index is 3.13. The first-order chi connectivity index (χ1) is 9.96. The van der Waals surface area contributed by atoms with Gasteiger partial charge in [0.25, 0.3) is 0 Å². The summed E-state index contributed by atoms with van der Waals surface area (Å²) in [7, 11) is -2.04. The van der Waals surface area contributed by atoms with Crippen molar-refractivity contribution in [3.05, 3.63) is 29.8 Å². The zero-order valence-electron chi connectivity index (χ0n) is 12.7. The predicted molar refractivity (Wildman–Crippen MR) is 78.4 cm³/mol. The van der Waals surface area contributed by atoms with E-state index in [0.717, 1.165) is 0 Å². The monoisotopic (exact) mass is 316 g/mol. The molecule has 6 nitrogen and oxygen atoms in total. The maximum Gasteiger partial charge on any atom is 0.363 e. The van der Waals surface area contributed by atoms with E-state index in [4.69, 9.17) is 18.5 Å². The topological polar surface area (TPSA) is 71.1 Å². The molecule has 1 aromatic rings. The molecule has 21 heavy (non-hydrogen) atoms. The average molecular weight is 316 g/mol. The summed E-state index contributed by atoms with van der Waals surface area (Å²) in [5, 5.41) is 0. The molecule has 1 aromatic carbocycles. The van der Waals surface area contributed by atoms with Crippen molar-refractivity contribution >= 4 is 13.6 Å². The van der Waals surface area contributed by atoms with E-state index in [9.17, 15) is 9.36 Å². The fourth-order valence-corrected chi connectivity index (χ4v) is 3.73. The van der Waals surface area contributed by atoms with Crippen LogP contribution in [0.3, 0.4) is 0 Å². The Hall–Kier alpha value is -1.20. The highest BCUT2D eigenvalue weighted by molar-refractivity contribution is 7.54. The van der Waals surface area contributed by atoms with E-state index in [-0.39, 0.29) is 13.2 Å². The van der Waals surface area contributed by atoms with Gasteiger partial charge in [0.1, 0.15) is 5.75 Å². The molecule has 0 amide bonds. The van der Waals surface area contributed by atoms with Gasteiger partial charge in [-0.2, -0.15) is 0 Å². The SMILES string of the molecule is CCOP(=O)(OCC)C(OC)c1cccc(OC(C)=O)c1. The van der Waals surface area contributed by atoms with Crippen LogP contribution in [0.5, 0.6) is 5.75 Å². The minimum Gasteiger partial charge on any atom is -0.427 e. The standard InChI is InChI=1S/C14H21O6P/c1-5-18-21(16,19-6-2)14(17-4)12-8-7-9-13(10-12)20-11(3)15/h7-10,14H,5-6H2,1-4H3. The van der Waals surface area contributed by atoms with E-state index in [0.29, 0.717) is 11.3 Å². The lowest BCUT2D eigenvalue weighted by atomic mass is 10.2. The van der Waals surface area contributed by atoms with E-state index in [1.165, 1.54) is 14.0 Å². The Morgan fingerprint density at radius 1 is 1.24 bits per heavy atom. The van der Waals surface area contributed by atoms with Gasteiger partial charge in [-0.15, -0.1) is 0 Å². The fraction of sp³-hybridized carbons (Fsp3) is 0.500. The largest absolute Gasteiger partial charge is 0.427 e. The Morgan fingerprint density at radius 2 is 1.86 bits per heavy atom. The minimum absolute atomic E-state index is 0.237. The van der Waals surface area contributed by atoms with Crippen LogP contribution >= 0.6 is 7.60 Å². The summed E-state index contributed by atoms with van der Waals surface area (Å²) < 4.78 is 33.7. The number of benzene rings is 1.